The molecule has 61 heavy (non-hydrogen) atoms. The third kappa shape index (κ3) is 5.98. The van der Waals surface area contributed by atoms with Crippen molar-refractivity contribution in [2.75, 3.05) is 4.90 Å². The largest absolute Gasteiger partial charge is 0.456 e. The smallest absolute Gasteiger partial charge is 0.136 e. The van der Waals surface area contributed by atoms with Crippen LogP contribution in [0.25, 0.3) is 93.6 Å². The maximum atomic E-state index is 6.35. The lowest BCUT2D eigenvalue weighted by Gasteiger charge is -2.28. The van der Waals surface area contributed by atoms with Crippen LogP contribution < -0.4 is 4.90 Å². The normalized spacial score (nSPS) is 11.6. The van der Waals surface area contributed by atoms with Gasteiger partial charge in [0.25, 0.3) is 0 Å². The van der Waals surface area contributed by atoms with Gasteiger partial charge in [-0.2, -0.15) is 0 Å². The number of nitrogens with zero attached hydrogens (tertiary/aromatic N) is 2. The summed E-state index contributed by atoms with van der Waals surface area (Å²) in [6.07, 6.45) is 0. The van der Waals surface area contributed by atoms with Crippen LogP contribution in [-0.2, 0) is 0 Å². The fourth-order valence-electron chi connectivity index (χ4n) is 9.23. The third-order valence-corrected chi connectivity index (χ3v) is 12.2. The number of para-hydroxylation sites is 4. The van der Waals surface area contributed by atoms with Crippen LogP contribution in [0.2, 0.25) is 0 Å². The Labute approximate surface area is 353 Å². The van der Waals surface area contributed by atoms with Crippen LogP contribution >= 0.6 is 0 Å². The van der Waals surface area contributed by atoms with Gasteiger partial charge in [-0.25, -0.2) is 0 Å². The number of furan rings is 1. The molecule has 0 amide bonds. The van der Waals surface area contributed by atoms with Gasteiger partial charge in [0.1, 0.15) is 11.2 Å². The summed E-state index contributed by atoms with van der Waals surface area (Å²) >= 11 is 0. The van der Waals surface area contributed by atoms with E-state index in [0.717, 1.165) is 61.4 Å². The molecule has 0 radical (unpaired) electrons. The second kappa shape index (κ2) is 14.3. The average molecular weight is 779 g/mol. The Bertz CT molecular complexity index is 3540. The Hall–Kier alpha value is -8.14. The van der Waals surface area contributed by atoms with Gasteiger partial charge < -0.3 is 13.9 Å². The molecule has 286 valence electrons. The quantitative estimate of drug-likeness (QED) is 0.161. The fourth-order valence-corrected chi connectivity index (χ4v) is 9.23. The zero-order chi connectivity index (χ0) is 40.3. The lowest BCUT2D eigenvalue weighted by atomic mass is 9.98. The van der Waals surface area contributed by atoms with Crippen molar-refractivity contribution in [2.24, 2.45) is 0 Å². The molecule has 12 rings (SSSR count). The zero-order valence-electron chi connectivity index (χ0n) is 33.2. The average Bonchev–Trinajstić information content (AvgIpc) is 3.88. The molecule has 12 aromatic rings. The maximum absolute atomic E-state index is 6.35. The van der Waals surface area contributed by atoms with Gasteiger partial charge >= 0.3 is 0 Å². The molecule has 0 aliphatic carbocycles. The van der Waals surface area contributed by atoms with E-state index in [0.29, 0.717) is 0 Å². The molecule has 3 nitrogen and oxygen atoms in total. The summed E-state index contributed by atoms with van der Waals surface area (Å²) in [4.78, 5) is 2.38. The second-order valence-electron chi connectivity index (χ2n) is 15.7. The number of anilines is 3. The van der Waals surface area contributed by atoms with Crippen LogP contribution in [-0.4, -0.2) is 4.57 Å². The molecule has 0 saturated heterocycles. The molecule has 0 fully saturated rings. The van der Waals surface area contributed by atoms with E-state index >= 15 is 0 Å². The van der Waals surface area contributed by atoms with Gasteiger partial charge in [0.2, 0.25) is 0 Å². The molecule has 2 aromatic heterocycles. The van der Waals surface area contributed by atoms with E-state index in [1.165, 1.54) is 49.3 Å². The number of fused-ring (bicyclic) bond motifs is 7. The first kappa shape index (κ1) is 34.9. The molecule has 0 N–H and O–H groups in total. The molecule has 2 heterocycles. The van der Waals surface area contributed by atoms with Gasteiger partial charge in [0.05, 0.1) is 16.7 Å². The Kier molecular flexibility index (Phi) is 8.17. The van der Waals surface area contributed by atoms with Crippen LogP contribution in [0.3, 0.4) is 0 Å². The third-order valence-electron chi connectivity index (χ3n) is 12.2. The molecule has 0 spiro atoms. The summed E-state index contributed by atoms with van der Waals surface area (Å²) in [6.45, 7) is 0. The van der Waals surface area contributed by atoms with Crippen molar-refractivity contribution in [3.8, 4) is 39.1 Å². The molecule has 0 bridgehead atoms. The number of hydrogen-bond acceptors (Lipinski definition) is 2. The van der Waals surface area contributed by atoms with Gasteiger partial charge in [-0.15, -0.1) is 0 Å². The van der Waals surface area contributed by atoms with E-state index in [-0.39, 0.29) is 0 Å². The summed E-state index contributed by atoms with van der Waals surface area (Å²) in [6, 6.07) is 83.0. The van der Waals surface area contributed by atoms with E-state index < -0.39 is 0 Å². The minimum absolute atomic E-state index is 0.886. The highest BCUT2D eigenvalue weighted by Crippen LogP contribution is 2.43. The second-order valence-corrected chi connectivity index (χ2v) is 15.7. The first-order valence-electron chi connectivity index (χ1n) is 20.8. The number of rotatable bonds is 7. The molecule has 0 aliphatic heterocycles. The first-order chi connectivity index (χ1) is 30.2. The van der Waals surface area contributed by atoms with Crippen LogP contribution in [0.1, 0.15) is 0 Å². The van der Waals surface area contributed by atoms with E-state index in [2.05, 4.69) is 228 Å². The Morgan fingerprint density at radius 3 is 1.67 bits per heavy atom. The van der Waals surface area contributed by atoms with E-state index in [4.69, 9.17) is 4.42 Å². The van der Waals surface area contributed by atoms with Gasteiger partial charge in [-0.3, -0.25) is 0 Å². The predicted octanol–water partition coefficient (Wildman–Crippen LogP) is 16.3. The van der Waals surface area contributed by atoms with Gasteiger partial charge in [-0.05, 0) is 111 Å². The lowest BCUT2D eigenvalue weighted by Crippen LogP contribution is -2.11. The summed E-state index contributed by atoms with van der Waals surface area (Å²) in [5.74, 6) is 0. The van der Waals surface area contributed by atoms with E-state index in [1.807, 2.05) is 12.1 Å². The Morgan fingerprint density at radius 1 is 0.328 bits per heavy atom. The Balaban J connectivity index is 0.902. The SMILES string of the molecule is c1cc(-c2ccc(-c3ccc(N(c4ccc5ccccc5c4)c4ccccc4-c4ccc5c(c4)oc4ccccc45)cc3)cc2)cc(-n2c3ccccc3c3ccccc32)c1. The Morgan fingerprint density at radius 2 is 0.902 bits per heavy atom. The highest BCUT2D eigenvalue weighted by Gasteiger charge is 2.19. The summed E-state index contributed by atoms with van der Waals surface area (Å²) in [7, 11) is 0. The molecule has 0 saturated carbocycles. The minimum atomic E-state index is 0.886. The molecule has 0 unspecified atom stereocenters. The standard InChI is InChI=1S/C58H38N2O/c1-2-13-43-37-48(34-30-39(43)12-1)59(54-20-7-3-16-49(54)45-31-35-53-52-19-6-10-23-57(52)61-58(53)38-45)46-32-28-41(29-33-46)40-24-26-42(27-25-40)44-14-11-15-47(36-44)60-55-21-8-4-17-50(55)51-18-5-9-22-56(51)60/h1-38H. The van der Waals surface area contributed by atoms with Crippen molar-refractivity contribution < 1.29 is 4.42 Å². The molecule has 3 heteroatoms. The lowest BCUT2D eigenvalue weighted by molar-refractivity contribution is 0.669. The van der Waals surface area contributed by atoms with E-state index in [1.54, 1.807) is 0 Å². The number of aromatic nitrogens is 1. The van der Waals surface area contributed by atoms with Crippen molar-refractivity contribution in [3.05, 3.63) is 231 Å². The number of hydrogen-bond donors (Lipinski definition) is 0. The predicted molar refractivity (Wildman–Crippen MR) is 257 cm³/mol. The summed E-state index contributed by atoms with van der Waals surface area (Å²) in [5, 5.41) is 7.21. The monoisotopic (exact) mass is 778 g/mol. The minimum Gasteiger partial charge on any atom is -0.456 e. The topological polar surface area (TPSA) is 21.3 Å². The molecular weight excluding hydrogens is 741 g/mol. The van der Waals surface area contributed by atoms with Crippen LogP contribution in [0.5, 0.6) is 0 Å². The molecule has 0 aliphatic rings. The summed E-state index contributed by atoms with van der Waals surface area (Å²) in [5.41, 5.74) is 15.6. The van der Waals surface area contributed by atoms with Gasteiger partial charge in [0, 0.05) is 44.2 Å². The highest BCUT2D eigenvalue weighted by atomic mass is 16.3. The first-order valence-corrected chi connectivity index (χ1v) is 20.8. The van der Waals surface area contributed by atoms with Crippen LogP contribution in [0, 0.1) is 0 Å². The fraction of sp³-hybridized carbons (Fsp3) is 0. The van der Waals surface area contributed by atoms with Crippen molar-refractivity contribution in [1.29, 1.82) is 0 Å². The van der Waals surface area contributed by atoms with E-state index in [9.17, 15) is 0 Å². The van der Waals surface area contributed by atoms with Crippen molar-refractivity contribution >= 4 is 71.6 Å². The highest BCUT2D eigenvalue weighted by molar-refractivity contribution is 6.09. The van der Waals surface area contributed by atoms with Crippen molar-refractivity contribution in [1.82, 2.24) is 4.57 Å². The van der Waals surface area contributed by atoms with Gasteiger partial charge in [-0.1, -0.05) is 158 Å². The maximum Gasteiger partial charge on any atom is 0.136 e. The summed E-state index contributed by atoms with van der Waals surface area (Å²) < 4.78 is 8.73. The van der Waals surface area contributed by atoms with Gasteiger partial charge in [0.15, 0.2) is 0 Å². The molecular formula is C58H38N2O. The molecule has 10 aromatic carbocycles. The van der Waals surface area contributed by atoms with Crippen molar-refractivity contribution in [2.45, 2.75) is 0 Å². The van der Waals surface area contributed by atoms with Crippen LogP contribution in [0.4, 0.5) is 17.1 Å². The molecule has 0 atom stereocenters. The van der Waals surface area contributed by atoms with Crippen LogP contribution in [0.15, 0.2) is 235 Å². The zero-order valence-corrected chi connectivity index (χ0v) is 33.2. The van der Waals surface area contributed by atoms with Crippen molar-refractivity contribution in [3.63, 3.8) is 0 Å². The number of benzene rings is 10.